The lowest BCUT2D eigenvalue weighted by atomic mass is 10.4. The van der Waals surface area contributed by atoms with E-state index in [9.17, 15) is 0 Å². The summed E-state index contributed by atoms with van der Waals surface area (Å²) < 4.78 is 0. The summed E-state index contributed by atoms with van der Waals surface area (Å²) in [5.41, 5.74) is 0. The number of rotatable bonds is 2. The third-order valence-electron chi connectivity index (χ3n) is 0.440. The maximum atomic E-state index is 8.45. The van der Waals surface area contributed by atoms with Crippen molar-refractivity contribution in [3.63, 3.8) is 0 Å². The van der Waals surface area contributed by atoms with Gasteiger partial charge >= 0.3 is 0 Å². The average Bonchev–Trinajstić information content (AvgIpc) is 1.35. The summed E-state index contributed by atoms with van der Waals surface area (Å²) in [5, 5.41) is 8.45. The number of aliphatic hydroxyl groups excluding tert-OH is 1. The Morgan fingerprint density at radius 2 is 2.50 bits per heavy atom. The molecule has 0 aromatic heterocycles. The summed E-state index contributed by atoms with van der Waals surface area (Å²) in [4.78, 5) is 2.57. The fourth-order valence-electron chi connectivity index (χ4n) is 0.209. The molecule has 0 heterocycles. The molecule has 0 aliphatic rings. The van der Waals surface area contributed by atoms with E-state index in [2.05, 4.69) is 11.7 Å². The molecule has 0 amide bonds. The van der Waals surface area contributed by atoms with Crippen LogP contribution >= 0.6 is 0 Å². The molecule has 0 aliphatic heterocycles. The van der Waals surface area contributed by atoms with Gasteiger partial charge in [0.15, 0.2) is 6.54 Å². The Morgan fingerprint density at radius 3 is 2.50 bits per heavy atom. The molecule has 0 bridgehead atoms. The first-order valence-electron chi connectivity index (χ1n) is 1.95. The minimum absolute atomic E-state index is 0.275. The van der Waals surface area contributed by atoms with E-state index < -0.39 is 0 Å². The number of nitrogens with one attached hydrogen (secondary N) is 1. The highest BCUT2D eigenvalue weighted by atomic mass is 16.3. The highest BCUT2D eigenvalue weighted by molar-refractivity contribution is 5.12. The molecule has 0 aromatic carbocycles. The van der Waals surface area contributed by atoms with Gasteiger partial charge in [0.1, 0.15) is 12.8 Å². The van der Waals surface area contributed by atoms with Crippen LogP contribution < -0.4 is 4.99 Å². The number of aliphatic hydroxyl groups is 1. The predicted molar refractivity (Wildman–Crippen MR) is 24.6 cm³/mol. The highest BCUT2D eigenvalue weighted by Gasteiger charge is 1.90. The van der Waals surface area contributed by atoms with Crippen molar-refractivity contribution in [2.45, 2.75) is 13.0 Å². The fourth-order valence-corrected chi connectivity index (χ4v) is 0.209. The van der Waals surface area contributed by atoms with Gasteiger partial charge in [-0.15, -0.1) is 0 Å². The highest BCUT2D eigenvalue weighted by Crippen LogP contribution is 1.64. The van der Waals surface area contributed by atoms with E-state index in [4.69, 9.17) is 5.11 Å². The molecular formula is C4H10NO+. The minimum Gasteiger partial charge on any atom is -0.387 e. The molecule has 0 spiro atoms. The molecule has 2 N–H and O–H groups in total. The Balaban J connectivity index is 2.81. The van der Waals surface area contributed by atoms with Crippen LogP contribution in [0.3, 0.4) is 0 Å². The molecule has 0 rings (SSSR count). The minimum atomic E-state index is -0.275. The molecular weight excluding hydrogens is 78.0 g/mol. The van der Waals surface area contributed by atoms with Gasteiger partial charge in [0, 0.05) is 0 Å². The van der Waals surface area contributed by atoms with Crippen LogP contribution in [-0.2, 0) is 0 Å². The Morgan fingerprint density at radius 1 is 2.00 bits per heavy atom. The number of hydrogen-bond donors (Lipinski definition) is 2. The Labute approximate surface area is 37.5 Å². The van der Waals surface area contributed by atoms with Crippen molar-refractivity contribution < 1.29 is 10.1 Å². The van der Waals surface area contributed by atoms with E-state index >= 15 is 0 Å². The lowest BCUT2D eigenvalue weighted by Gasteiger charge is -1.87. The quantitative estimate of drug-likeness (QED) is 0.382. The maximum Gasteiger partial charge on any atom is 0.165 e. The first-order chi connectivity index (χ1) is 2.77. The van der Waals surface area contributed by atoms with Crippen LogP contribution in [0.5, 0.6) is 0 Å². The SMILES string of the molecule is C=[NH+]CC(C)O. The number of hydrogen-bond acceptors (Lipinski definition) is 1. The second-order valence-corrected chi connectivity index (χ2v) is 1.30. The van der Waals surface area contributed by atoms with Crippen molar-refractivity contribution in [3.8, 4) is 0 Å². The molecule has 6 heavy (non-hydrogen) atoms. The van der Waals surface area contributed by atoms with Crippen LogP contribution in [0.1, 0.15) is 6.92 Å². The van der Waals surface area contributed by atoms with Gasteiger partial charge in [-0.1, -0.05) is 0 Å². The normalized spacial score (nSPS) is 13.7. The van der Waals surface area contributed by atoms with E-state index in [1.54, 1.807) is 6.92 Å². The lowest BCUT2D eigenvalue weighted by Crippen LogP contribution is -2.68. The second kappa shape index (κ2) is 2.85. The summed E-state index contributed by atoms with van der Waals surface area (Å²) in [7, 11) is 0. The first kappa shape index (κ1) is 5.63. The molecule has 2 nitrogen and oxygen atoms in total. The fraction of sp³-hybridized carbons (Fsp3) is 0.750. The summed E-state index contributed by atoms with van der Waals surface area (Å²) >= 11 is 0. The van der Waals surface area contributed by atoms with Crippen LogP contribution in [-0.4, -0.2) is 24.5 Å². The van der Waals surface area contributed by atoms with Crippen LogP contribution in [0, 0.1) is 0 Å². The van der Waals surface area contributed by atoms with Gasteiger partial charge in [-0.3, -0.25) is 4.99 Å². The largest absolute Gasteiger partial charge is 0.387 e. The van der Waals surface area contributed by atoms with Gasteiger partial charge in [0.25, 0.3) is 0 Å². The molecule has 36 valence electrons. The first-order valence-corrected chi connectivity index (χ1v) is 1.95. The summed E-state index contributed by atoms with van der Waals surface area (Å²) in [6.45, 7) is 5.59. The summed E-state index contributed by atoms with van der Waals surface area (Å²) in [6.07, 6.45) is -0.275. The third kappa shape index (κ3) is 3.63. The van der Waals surface area contributed by atoms with E-state index in [1.165, 1.54) is 0 Å². The predicted octanol–water partition coefficient (Wildman–Crippen LogP) is -1.85. The smallest absolute Gasteiger partial charge is 0.165 e. The van der Waals surface area contributed by atoms with Crippen LogP contribution in [0.4, 0.5) is 0 Å². The van der Waals surface area contributed by atoms with Crippen LogP contribution in [0.25, 0.3) is 0 Å². The Kier molecular flexibility index (Phi) is 2.67. The van der Waals surface area contributed by atoms with Gasteiger partial charge in [-0.2, -0.15) is 0 Å². The van der Waals surface area contributed by atoms with Crippen molar-refractivity contribution in [3.05, 3.63) is 0 Å². The average molecular weight is 88.1 g/mol. The molecule has 1 unspecified atom stereocenters. The molecule has 0 saturated carbocycles. The van der Waals surface area contributed by atoms with E-state index in [0.29, 0.717) is 6.54 Å². The molecule has 0 fully saturated rings. The zero-order chi connectivity index (χ0) is 4.99. The van der Waals surface area contributed by atoms with Gasteiger partial charge in [-0.25, -0.2) is 0 Å². The van der Waals surface area contributed by atoms with Gasteiger partial charge in [-0.05, 0) is 6.92 Å². The second-order valence-electron chi connectivity index (χ2n) is 1.30. The zero-order valence-corrected chi connectivity index (χ0v) is 3.94. The molecule has 0 aliphatic carbocycles. The topological polar surface area (TPSA) is 34.2 Å². The van der Waals surface area contributed by atoms with Gasteiger partial charge < -0.3 is 5.11 Å². The van der Waals surface area contributed by atoms with Crippen molar-refractivity contribution in [1.82, 2.24) is 0 Å². The van der Waals surface area contributed by atoms with Crippen molar-refractivity contribution in [2.24, 2.45) is 0 Å². The molecule has 0 radical (unpaired) electrons. The molecule has 0 saturated heterocycles. The van der Waals surface area contributed by atoms with Gasteiger partial charge in [0.2, 0.25) is 0 Å². The standard InChI is InChI=1S/C4H9NO/c1-4(6)3-5-2/h4,6H,2-3H2,1H3/p+1. The van der Waals surface area contributed by atoms with Crippen molar-refractivity contribution in [2.75, 3.05) is 6.54 Å². The van der Waals surface area contributed by atoms with Crippen molar-refractivity contribution >= 4 is 6.72 Å². The van der Waals surface area contributed by atoms with E-state index in [-0.39, 0.29) is 6.10 Å². The third-order valence-corrected chi connectivity index (χ3v) is 0.440. The van der Waals surface area contributed by atoms with Crippen LogP contribution in [0.15, 0.2) is 0 Å². The molecule has 0 aromatic rings. The lowest BCUT2D eigenvalue weighted by molar-refractivity contribution is -0.458. The Bertz CT molecular complexity index is 42.8. The van der Waals surface area contributed by atoms with E-state index in [1.807, 2.05) is 0 Å². The molecule has 1 atom stereocenters. The zero-order valence-electron chi connectivity index (χ0n) is 3.94. The Hall–Kier alpha value is -0.370. The van der Waals surface area contributed by atoms with E-state index in [0.717, 1.165) is 0 Å². The molecule has 2 heteroatoms. The summed E-state index contributed by atoms with van der Waals surface area (Å²) in [5.74, 6) is 0. The van der Waals surface area contributed by atoms with Gasteiger partial charge in [0.05, 0.1) is 0 Å². The monoisotopic (exact) mass is 88.1 g/mol. The maximum absolute atomic E-state index is 8.45. The summed E-state index contributed by atoms with van der Waals surface area (Å²) in [6, 6.07) is 0. The van der Waals surface area contributed by atoms with Crippen LogP contribution in [0.2, 0.25) is 0 Å². The van der Waals surface area contributed by atoms with Crippen molar-refractivity contribution in [1.29, 1.82) is 0 Å².